The first-order valence-corrected chi connectivity index (χ1v) is 7.48. The molecule has 1 amide bonds. The number of ether oxygens (including phenoxy) is 1. The predicted molar refractivity (Wildman–Crippen MR) is 91.1 cm³/mol. The lowest BCUT2D eigenvalue weighted by Crippen LogP contribution is -2.31. The molecule has 24 heavy (non-hydrogen) atoms. The van der Waals surface area contributed by atoms with Crippen LogP contribution >= 0.6 is 0 Å². The summed E-state index contributed by atoms with van der Waals surface area (Å²) in [6.45, 7) is 0.251. The smallest absolute Gasteiger partial charge is 0.276 e. The number of aromatic nitrogens is 2. The second-order valence-electron chi connectivity index (χ2n) is 5.31. The van der Waals surface area contributed by atoms with E-state index in [4.69, 9.17) is 4.74 Å². The number of hydrogen-bond donors (Lipinski definition) is 1. The second-order valence-corrected chi connectivity index (χ2v) is 5.31. The highest BCUT2D eigenvalue weighted by Gasteiger charge is 2.16. The van der Waals surface area contributed by atoms with Gasteiger partial charge < -0.3 is 10.1 Å². The van der Waals surface area contributed by atoms with E-state index in [1.807, 2.05) is 30.3 Å². The first-order valence-electron chi connectivity index (χ1n) is 7.48. The van der Waals surface area contributed by atoms with Gasteiger partial charge in [0.05, 0.1) is 12.6 Å². The Bertz CT molecular complexity index is 963. The summed E-state index contributed by atoms with van der Waals surface area (Å²) in [6.07, 6.45) is 0. The lowest BCUT2D eigenvalue weighted by Gasteiger charge is -2.10. The molecular weight excluding hydrogens is 306 g/mol. The van der Waals surface area contributed by atoms with Crippen LogP contribution in [0.4, 0.5) is 0 Å². The molecule has 0 unspecified atom stereocenters. The maximum Gasteiger partial charge on any atom is 0.276 e. The fraction of sp³-hybridized carbons (Fsp3) is 0.167. The molecule has 2 aromatic carbocycles. The highest BCUT2D eigenvalue weighted by Crippen LogP contribution is 2.16. The van der Waals surface area contributed by atoms with Crippen LogP contribution in [-0.4, -0.2) is 22.8 Å². The number of carbonyl (C=O) groups excluding carboxylic acids is 1. The van der Waals surface area contributed by atoms with E-state index in [0.29, 0.717) is 16.7 Å². The average molecular weight is 323 g/mol. The van der Waals surface area contributed by atoms with Crippen molar-refractivity contribution in [1.29, 1.82) is 0 Å². The average Bonchev–Trinajstić information content (AvgIpc) is 2.63. The summed E-state index contributed by atoms with van der Waals surface area (Å²) in [6, 6.07) is 14.4. The van der Waals surface area contributed by atoms with Gasteiger partial charge in [0.1, 0.15) is 5.75 Å². The number of hydrogen-bond acceptors (Lipinski definition) is 4. The zero-order valence-corrected chi connectivity index (χ0v) is 13.4. The predicted octanol–water partition coefficient (Wildman–Crippen LogP) is 1.87. The van der Waals surface area contributed by atoms with Gasteiger partial charge in [-0.1, -0.05) is 30.3 Å². The van der Waals surface area contributed by atoms with E-state index in [0.717, 1.165) is 5.56 Å². The maximum atomic E-state index is 12.5. The van der Waals surface area contributed by atoms with Crippen molar-refractivity contribution in [1.82, 2.24) is 15.1 Å². The molecule has 6 heteroatoms. The van der Waals surface area contributed by atoms with Crippen molar-refractivity contribution >= 4 is 16.8 Å². The molecule has 0 fully saturated rings. The van der Waals surface area contributed by atoms with E-state index in [1.165, 1.54) is 4.68 Å². The van der Waals surface area contributed by atoms with E-state index in [-0.39, 0.29) is 17.7 Å². The number of methoxy groups -OCH3 is 1. The van der Waals surface area contributed by atoms with E-state index in [1.54, 1.807) is 32.4 Å². The summed E-state index contributed by atoms with van der Waals surface area (Å²) < 4.78 is 6.79. The van der Waals surface area contributed by atoms with Crippen LogP contribution in [0.3, 0.4) is 0 Å². The van der Waals surface area contributed by atoms with E-state index < -0.39 is 5.91 Å². The zero-order valence-electron chi connectivity index (χ0n) is 13.4. The molecular formula is C18H17N3O3. The molecule has 122 valence electrons. The molecule has 1 aromatic heterocycles. The first-order chi connectivity index (χ1) is 11.6. The fourth-order valence-electron chi connectivity index (χ4n) is 2.58. The molecule has 0 aliphatic heterocycles. The molecule has 3 aromatic rings. The largest absolute Gasteiger partial charge is 0.496 e. The Morgan fingerprint density at radius 2 is 1.88 bits per heavy atom. The van der Waals surface area contributed by atoms with Crippen molar-refractivity contribution in [3.63, 3.8) is 0 Å². The number of para-hydroxylation sites is 2. The van der Waals surface area contributed by atoms with Gasteiger partial charge in [-0.05, 0) is 18.2 Å². The Morgan fingerprint density at radius 1 is 1.17 bits per heavy atom. The van der Waals surface area contributed by atoms with Crippen LogP contribution in [-0.2, 0) is 13.6 Å². The molecule has 1 heterocycles. The number of benzene rings is 2. The van der Waals surface area contributed by atoms with Crippen LogP contribution in [0, 0.1) is 0 Å². The molecule has 0 spiro atoms. The molecule has 0 atom stereocenters. The third-order valence-corrected chi connectivity index (χ3v) is 3.81. The van der Waals surface area contributed by atoms with Gasteiger partial charge in [-0.2, -0.15) is 5.10 Å². The van der Waals surface area contributed by atoms with Crippen molar-refractivity contribution in [2.75, 3.05) is 7.11 Å². The van der Waals surface area contributed by atoms with Gasteiger partial charge in [-0.3, -0.25) is 14.3 Å². The SMILES string of the molecule is COc1ccccc1CNC(=O)c1nn(C)c2ccccc2c1=O. The number of carbonyl (C=O) groups is 1. The van der Waals surface area contributed by atoms with Crippen LogP contribution in [0.25, 0.3) is 10.9 Å². The van der Waals surface area contributed by atoms with Crippen molar-refractivity contribution in [3.8, 4) is 5.75 Å². The normalized spacial score (nSPS) is 10.6. The van der Waals surface area contributed by atoms with Crippen LogP contribution in [0.5, 0.6) is 5.75 Å². The topological polar surface area (TPSA) is 73.2 Å². The van der Waals surface area contributed by atoms with Gasteiger partial charge in [0, 0.05) is 24.5 Å². The van der Waals surface area contributed by atoms with E-state index >= 15 is 0 Å². The fourth-order valence-corrected chi connectivity index (χ4v) is 2.58. The Kier molecular flexibility index (Phi) is 4.29. The van der Waals surface area contributed by atoms with Gasteiger partial charge >= 0.3 is 0 Å². The quantitative estimate of drug-likeness (QED) is 0.795. The molecule has 0 saturated heterocycles. The van der Waals surface area contributed by atoms with Crippen molar-refractivity contribution in [3.05, 3.63) is 70.0 Å². The number of nitrogens with zero attached hydrogens (tertiary/aromatic N) is 2. The van der Waals surface area contributed by atoms with Crippen LogP contribution in [0.15, 0.2) is 53.3 Å². The highest BCUT2D eigenvalue weighted by molar-refractivity contribution is 5.95. The first kappa shape index (κ1) is 15.7. The standard InChI is InChI=1S/C18H17N3O3/c1-21-14-9-5-4-8-13(14)17(22)16(20-21)18(23)19-11-12-7-3-6-10-15(12)24-2/h3-10H,11H2,1-2H3,(H,19,23). The van der Waals surface area contributed by atoms with Gasteiger partial charge in [0.15, 0.2) is 5.69 Å². The third kappa shape index (κ3) is 2.86. The molecule has 0 radical (unpaired) electrons. The summed E-state index contributed by atoms with van der Waals surface area (Å²) in [7, 11) is 3.28. The Morgan fingerprint density at radius 3 is 2.67 bits per heavy atom. The lowest BCUT2D eigenvalue weighted by molar-refractivity contribution is 0.0942. The highest BCUT2D eigenvalue weighted by atomic mass is 16.5. The molecule has 1 N–H and O–H groups in total. The molecule has 0 aliphatic carbocycles. The summed E-state index contributed by atoms with van der Waals surface area (Å²) in [5.41, 5.74) is 1.02. The van der Waals surface area contributed by atoms with E-state index in [9.17, 15) is 9.59 Å². The van der Waals surface area contributed by atoms with Crippen molar-refractivity contribution in [2.24, 2.45) is 7.05 Å². The Balaban J connectivity index is 1.89. The summed E-state index contributed by atoms with van der Waals surface area (Å²) in [4.78, 5) is 24.9. The molecule has 0 bridgehead atoms. The van der Waals surface area contributed by atoms with Crippen LogP contribution in [0.1, 0.15) is 16.1 Å². The summed E-state index contributed by atoms with van der Waals surface area (Å²) in [5.74, 6) is 0.171. The molecule has 0 saturated carbocycles. The molecule has 6 nitrogen and oxygen atoms in total. The monoisotopic (exact) mass is 323 g/mol. The van der Waals surface area contributed by atoms with Crippen molar-refractivity contribution < 1.29 is 9.53 Å². The lowest BCUT2D eigenvalue weighted by atomic mass is 10.2. The van der Waals surface area contributed by atoms with Gasteiger partial charge in [-0.25, -0.2) is 0 Å². The minimum absolute atomic E-state index is 0.119. The minimum atomic E-state index is -0.507. The zero-order chi connectivity index (χ0) is 17.1. The number of fused-ring (bicyclic) bond motifs is 1. The number of rotatable bonds is 4. The summed E-state index contributed by atoms with van der Waals surface area (Å²) in [5, 5.41) is 7.31. The second kappa shape index (κ2) is 6.54. The maximum absolute atomic E-state index is 12.5. The van der Waals surface area contributed by atoms with Gasteiger partial charge in [0.2, 0.25) is 5.43 Å². The number of aryl methyl sites for hydroxylation is 1. The number of amides is 1. The van der Waals surface area contributed by atoms with E-state index in [2.05, 4.69) is 10.4 Å². The van der Waals surface area contributed by atoms with Gasteiger partial charge in [-0.15, -0.1) is 0 Å². The Hall–Kier alpha value is -3.15. The van der Waals surface area contributed by atoms with Gasteiger partial charge in [0.25, 0.3) is 5.91 Å². The van der Waals surface area contributed by atoms with Crippen LogP contribution < -0.4 is 15.5 Å². The minimum Gasteiger partial charge on any atom is -0.496 e. The number of nitrogens with one attached hydrogen (secondary N) is 1. The summed E-state index contributed by atoms with van der Waals surface area (Å²) >= 11 is 0. The van der Waals surface area contributed by atoms with Crippen LogP contribution in [0.2, 0.25) is 0 Å². The van der Waals surface area contributed by atoms with Crippen molar-refractivity contribution in [2.45, 2.75) is 6.54 Å². The molecule has 3 rings (SSSR count). The third-order valence-electron chi connectivity index (χ3n) is 3.81. The Labute approximate surface area is 138 Å². The molecule has 0 aliphatic rings.